The van der Waals surface area contributed by atoms with Crippen molar-refractivity contribution in [1.29, 1.82) is 0 Å². The molecule has 4 heteroatoms. The van der Waals surface area contributed by atoms with Crippen molar-refractivity contribution in [2.24, 2.45) is 5.92 Å². The maximum Gasteiger partial charge on any atom is 0.223 e. The van der Waals surface area contributed by atoms with Crippen LogP contribution in [0.25, 0.3) is 0 Å². The third-order valence-electron chi connectivity index (χ3n) is 4.32. The molecule has 1 unspecified atom stereocenters. The molecule has 4 nitrogen and oxygen atoms in total. The highest BCUT2D eigenvalue weighted by molar-refractivity contribution is 5.78. The van der Waals surface area contributed by atoms with Crippen molar-refractivity contribution in [3.63, 3.8) is 0 Å². The number of nitrogens with one attached hydrogen (secondary N) is 2. The molecule has 2 heterocycles. The summed E-state index contributed by atoms with van der Waals surface area (Å²) in [5.41, 5.74) is 1.23. The maximum absolute atomic E-state index is 12.2. The number of piperidine rings is 1. The molecule has 0 aliphatic carbocycles. The summed E-state index contributed by atoms with van der Waals surface area (Å²) in [6.07, 6.45) is 2.88. The van der Waals surface area contributed by atoms with E-state index in [2.05, 4.69) is 16.7 Å². The molecule has 20 heavy (non-hydrogen) atoms. The lowest BCUT2D eigenvalue weighted by atomic mass is 9.92. The summed E-state index contributed by atoms with van der Waals surface area (Å²) in [6.45, 7) is 3.38. The Morgan fingerprint density at radius 3 is 2.90 bits per heavy atom. The molecule has 3 rings (SSSR count). The van der Waals surface area contributed by atoms with Crippen molar-refractivity contribution in [2.45, 2.75) is 25.2 Å². The first kappa shape index (κ1) is 13.4. The van der Waals surface area contributed by atoms with Crippen LogP contribution in [0.1, 0.15) is 30.7 Å². The smallest absolute Gasteiger partial charge is 0.223 e. The van der Waals surface area contributed by atoms with Gasteiger partial charge in [0.05, 0.1) is 6.61 Å². The number of hydrogen-bond acceptors (Lipinski definition) is 3. The van der Waals surface area contributed by atoms with E-state index >= 15 is 0 Å². The van der Waals surface area contributed by atoms with Crippen molar-refractivity contribution >= 4 is 5.91 Å². The molecule has 1 saturated heterocycles. The summed E-state index contributed by atoms with van der Waals surface area (Å²) in [6, 6.07) is 8.15. The van der Waals surface area contributed by atoms with Gasteiger partial charge in [-0.25, -0.2) is 0 Å². The molecule has 0 bridgehead atoms. The quantitative estimate of drug-likeness (QED) is 0.881. The van der Waals surface area contributed by atoms with Crippen molar-refractivity contribution < 1.29 is 9.53 Å². The Bertz CT molecular complexity index is 469. The van der Waals surface area contributed by atoms with Crippen LogP contribution in [0.3, 0.4) is 0 Å². The van der Waals surface area contributed by atoms with E-state index in [9.17, 15) is 4.79 Å². The molecule has 0 radical (unpaired) electrons. The van der Waals surface area contributed by atoms with E-state index in [1.807, 2.05) is 18.2 Å². The molecule has 2 N–H and O–H groups in total. The lowest BCUT2D eigenvalue weighted by Crippen LogP contribution is -2.40. The summed E-state index contributed by atoms with van der Waals surface area (Å²) in [4.78, 5) is 12.2. The van der Waals surface area contributed by atoms with Gasteiger partial charge in [0.1, 0.15) is 5.75 Å². The Balaban J connectivity index is 1.57. The maximum atomic E-state index is 12.2. The Labute approximate surface area is 119 Å². The van der Waals surface area contributed by atoms with Gasteiger partial charge in [-0.05, 0) is 44.0 Å². The average molecular weight is 274 g/mol. The zero-order valence-electron chi connectivity index (χ0n) is 11.7. The first-order valence-corrected chi connectivity index (χ1v) is 7.55. The van der Waals surface area contributed by atoms with Crippen LogP contribution in [0.5, 0.6) is 5.75 Å². The highest BCUT2D eigenvalue weighted by atomic mass is 16.5. The first-order chi connectivity index (χ1) is 9.84. The van der Waals surface area contributed by atoms with Gasteiger partial charge < -0.3 is 15.4 Å². The number of amides is 1. The fraction of sp³-hybridized carbons (Fsp3) is 0.562. The molecule has 2 aliphatic rings. The van der Waals surface area contributed by atoms with Crippen molar-refractivity contribution in [3.05, 3.63) is 29.8 Å². The van der Waals surface area contributed by atoms with Crippen molar-refractivity contribution in [2.75, 3.05) is 26.2 Å². The Kier molecular flexibility index (Phi) is 4.21. The summed E-state index contributed by atoms with van der Waals surface area (Å²) < 4.78 is 5.66. The third-order valence-corrected chi connectivity index (χ3v) is 4.32. The molecule has 0 saturated carbocycles. The summed E-state index contributed by atoms with van der Waals surface area (Å²) in [5.74, 6) is 1.76. The SMILES string of the molecule is O=C(NCC1CCOc2ccccc21)C1CCNCC1. The lowest BCUT2D eigenvalue weighted by molar-refractivity contribution is -0.125. The largest absolute Gasteiger partial charge is 0.493 e. The van der Waals surface area contributed by atoms with Gasteiger partial charge in [0.2, 0.25) is 5.91 Å². The van der Waals surface area contributed by atoms with E-state index in [4.69, 9.17) is 4.74 Å². The molecule has 1 atom stereocenters. The van der Waals surface area contributed by atoms with Crippen LogP contribution in [0.4, 0.5) is 0 Å². The van der Waals surface area contributed by atoms with Gasteiger partial charge in [-0.15, -0.1) is 0 Å². The number of carbonyl (C=O) groups excluding carboxylic acids is 1. The minimum Gasteiger partial charge on any atom is -0.493 e. The van der Waals surface area contributed by atoms with E-state index in [0.717, 1.165) is 51.3 Å². The number of rotatable bonds is 3. The Hall–Kier alpha value is -1.55. The molecule has 108 valence electrons. The molecule has 0 aromatic heterocycles. The number of ether oxygens (including phenoxy) is 1. The summed E-state index contributed by atoms with van der Waals surface area (Å²) >= 11 is 0. The van der Waals surface area contributed by atoms with E-state index in [1.165, 1.54) is 5.56 Å². The lowest BCUT2D eigenvalue weighted by Gasteiger charge is -2.27. The van der Waals surface area contributed by atoms with Gasteiger partial charge in [0.15, 0.2) is 0 Å². The van der Waals surface area contributed by atoms with E-state index in [-0.39, 0.29) is 11.8 Å². The van der Waals surface area contributed by atoms with E-state index in [1.54, 1.807) is 0 Å². The number of fused-ring (bicyclic) bond motifs is 1. The predicted molar refractivity (Wildman–Crippen MR) is 77.9 cm³/mol. The molecule has 1 aromatic carbocycles. The summed E-state index contributed by atoms with van der Waals surface area (Å²) in [5, 5.41) is 6.43. The van der Waals surface area contributed by atoms with Gasteiger partial charge in [-0.2, -0.15) is 0 Å². The second-order valence-corrected chi connectivity index (χ2v) is 5.64. The Morgan fingerprint density at radius 1 is 1.25 bits per heavy atom. The van der Waals surface area contributed by atoms with Crippen molar-refractivity contribution in [1.82, 2.24) is 10.6 Å². The van der Waals surface area contributed by atoms with Gasteiger partial charge in [0.25, 0.3) is 0 Å². The monoisotopic (exact) mass is 274 g/mol. The molecule has 1 aromatic rings. The highest BCUT2D eigenvalue weighted by Gasteiger charge is 2.24. The fourth-order valence-electron chi connectivity index (χ4n) is 3.08. The van der Waals surface area contributed by atoms with Gasteiger partial charge >= 0.3 is 0 Å². The number of benzene rings is 1. The topological polar surface area (TPSA) is 50.4 Å². The third kappa shape index (κ3) is 2.96. The van der Waals surface area contributed by atoms with E-state index < -0.39 is 0 Å². The van der Waals surface area contributed by atoms with Crippen molar-refractivity contribution in [3.8, 4) is 5.75 Å². The molecule has 2 aliphatic heterocycles. The van der Waals surface area contributed by atoms with E-state index in [0.29, 0.717) is 5.92 Å². The number of hydrogen-bond donors (Lipinski definition) is 2. The predicted octanol–water partition coefficient (Wildman–Crippen LogP) is 1.67. The standard InChI is InChI=1S/C16H22N2O2/c19-16(12-5-8-17-9-6-12)18-11-13-7-10-20-15-4-2-1-3-14(13)15/h1-4,12-13,17H,5-11H2,(H,18,19). The number of carbonyl (C=O) groups is 1. The van der Waals surface area contributed by atoms with Crippen LogP contribution in [0, 0.1) is 5.92 Å². The van der Waals surface area contributed by atoms with Gasteiger partial charge in [-0.3, -0.25) is 4.79 Å². The first-order valence-electron chi connectivity index (χ1n) is 7.55. The minimum absolute atomic E-state index is 0.186. The molecule has 0 spiro atoms. The normalized spacial score (nSPS) is 22.7. The minimum atomic E-state index is 0.186. The van der Waals surface area contributed by atoms with Gasteiger partial charge in [0, 0.05) is 18.4 Å². The summed E-state index contributed by atoms with van der Waals surface area (Å²) in [7, 11) is 0. The zero-order chi connectivity index (χ0) is 13.8. The highest BCUT2D eigenvalue weighted by Crippen LogP contribution is 2.32. The molecule has 1 amide bonds. The average Bonchev–Trinajstić information content (AvgIpc) is 2.53. The second-order valence-electron chi connectivity index (χ2n) is 5.64. The fourth-order valence-corrected chi connectivity index (χ4v) is 3.08. The van der Waals surface area contributed by atoms with Gasteiger partial charge in [-0.1, -0.05) is 18.2 Å². The number of para-hydroxylation sites is 1. The molecular weight excluding hydrogens is 252 g/mol. The van der Waals surface area contributed by atoms with Crippen LogP contribution in [0.2, 0.25) is 0 Å². The zero-order valence-corrected chi connectivity index (χ0v) is 11.7. The van der Waals surface area contributed by atoms with Crippen LogP contribution < -0.4 is 15.4 Å². The van der Waals surface area contributed by atoms with Crippen LogP contribution in [0.15, 0.2) is 24.3 Å². The van der Waals surface area contributed by atoms with Crippen LogP contribution >= 0.6 is 0 Å². The van der Waals surface area contributed by atoms with Crippen LogP contribution in [-0.2, 0) is 4.79 Å². The second kappa shape index (κ2) is 6.27. The molecular formula is C16H22N2O2. The Morgan fingerprint density at radius 2 is 2.05 bits per heavy atom. The molecule has 1 fully saturated rings. The van der Waals surface area contributed by atoms with Crippen LogP contribution in [-0.4, -0.2) is 32.1 Å².